The number of imidazole rings is 1. The molecule has 1 aliphatic rings. The fourth-order valence-corrected chi connectivity index (χ4v) is 3.54. The van der Waals surface area contributed by atoms with Gasteiger partial charge in [0.25, 0.3) is 5.56 Å². The predicted molar refractivity (Wildman–Crippen MR) is 102 cm³/mol. The quantitative estimate of drug-likeness (QED) is 0.321. The summed E-state index contributed by atoms with van der Waals surface area (Å²) in [4.78, 5) is 32.2. The number of nitrogens with zero attached hydrogens (tertiary/aromatic N) is 4. The SMILES string of the molecule is N#Cc1ccc(Cn2c(=O)n([C@@H]3O[C@H](CO)[C@@H](O)[C@H]3O)c3nc(N)[nH]c(=O)c32)cc1. The van der Waals surface area contributed by atoms with Crippen LogP contribution in [0, 0.1) is 11.3 Å². The lowest BCUT2D eigenvalue weighted by Crippen LogP contribution is -2.36. The molecule has 4 rings (SSSR count). The minimum atomic E-state index is -1.55. The van der Waals surface area contributed by atoms with E-state index in [1.807, 2.05) is 6.07 Å². The summed E-state index contributed by atoms with van der Waals surface area (Å²) in [7, 11) is 0. The number of aliphatic hydroxyl groups excluding tert-OH is 3. The lowest BCUT2D eigenvalue weighted by atomic mass is 10.1. The van der Waals surface area contributed by atoms with Crippen LogP contribution in [-0.4, -0.2) is 59.3 Å². The van der Waals surface area contributed by atoms with Crippen LogP contribution in [0.4, 0.5) is 5.95 Å². The molecule has 0 radical (unpaired) electrons. The number of nitrogens with one attached hydrogen (secondary N) is 1. The average molecular weight is 414 g/mol. The van der Waals surface area contributed by atoms with Crippen molar-refractivity contribution in [3.8, 4) is 6.07 Å². The van der Waals surface area contributed by atoms with Gasteiger partial charge in [0.1, 0.15) is 18.3 Å². The second kappa shape index (κ2) is 7.39. The molecule has 12 heteroatoms. The second-order valence-corrected chi connectivity index (χ2v) is 6.90. The maximum Gasteiger partial charge on any atom is 0.333 e. The van der Waals surface area contributed by atoms with Crippen LogP contribution in [-0.2, 0) is 11.3 Å². The number of fused-ring (bicyclic) bond motifs is 1. The van der Waals surface area contributed by atoms with Crippen molar-refractivity contribution in [1.82, 2.24) is 19.1 Å². The lowest BCUT2D eigenvalue weighted by Gasteiger charge is -2.15. The fraction of sp³-hybridized carbons (Fsp3) is 0.333. The number of aromatic nitrogens is 4. The van der Waals surface area contributed by atoms with Gasteiger partial charge in [-0.1, -0.05) is 12.1 Å². The number of ether oxygens (including phenoxy) is 1. The molecular formula is C18H18N6O6. The molecule has 0 amide bonds. The number of anilines is 1. The number of aliphatic hydroxyl groups is 3. The first kappa shape index (κ1) is 19.8. The van der Waals surface area contributed by atoms with Gasteiger partial charge in [0.15, 0.2) is 17.4 Å². The van der Waals surface area contributed by atoms with E-state index in [2.05, 4.69) is 9.97 Å². The standard InChI is InChI=1S/C18H18N6O6/c19-5-8-1-3-9(4-2-8)6-23-11-14(21-17(20)22-15(11)28)24(18(23)29)16-13(27)12(26)10(7-25)30-16/h1-4,10,12-13,16,25-27H,6-7H2,(H3,20,21,22,28)/t10-,12-,13-,16-/m1/s1. The number of hydrogen-bond acceptors (Lipinski definition) is 9. The molecule has 3 aromatic rings. The van der Waals surface area contributed by atoms with Gasteiger partial charge in [0.05, 0.1) is 24.8 Å². The molecule has 30 heavy (non-hydrogen) atoms. The molecule has 0 aliphatic carbocycles. The molecule has 1 aromatic carbocycles. The van der Waals surface area contributed by atoms with Gasteiger partial charge < -0.3 is 25.8 Å². The van der Waals surface area contributed by atoms with Gasteiger partial charge >= 0.3 is 5.69 Å². The lowest BCUT2D eigenvalue weighted by molar-refractivity contribution is -0.0527. The average Bonchev–Trinajstić information content (AvgIpc) is 3.16. The summed E-state index contributed by atoms with van der Waals surface area (Å²) < 4.78 is 7.53. The Morgan fingerprint density at radius 1 is 1.23 bits per heavy atom. The molecule has 0 unspecified atom stereocenters. The minimum Gasteiger partial charge on any atom is -0.394 e. The van der Waals surface area contributed by atoms with E-state index in [0.717, 1.165) is 9.13 Å². The van der Waals surface area contributed by atoms with Gasteiger partial charge in [-0.05, 0) is 17.7 Å². The molecule has 156 valence electrons. The first-order valence-electron chi connectivity index (χ1n) is 8.97. The van der Waals surface area contributed by atoms with Gasteiger partial charge in [0, 0.05) is 0 Å². The van der Waals surface area contributed by atoms with Crippen molar-refractivity contribution < 1.29 is 20.1 Å². The first-order chi connectivity index (χ1) is 14.3. The summed E-state index contributed by atoms with van der Waals surface area (Å²) in [5.41, 5.74) is 5.07. The molecule has 0 saturated carbocycles. The van der Waals surface area contributed by atoms with Crippen LogP contribution in [0.5, 0.6) is 0 Å². The number of nitrogen functional groups attached to an aromatic ring is 1. The van der Waals surface area contributed by atoms with Crippen LogP contribution in [0.25, 0.3) is 11.2 Å². The number of rotatable bonds is 4. The van der Waals surface area contributed by atoms with E-state index in [9.17, 15) is 24.9 Å². The largest absolute Gasteiger partial charge is 0.394 e. The monoisotopic (exact) mass is 414 g/mol. The van der Waals surface area contributed by atoms with Gasteiger partial charge in [0.2, 0.25) is 5.95 Å². The molecule has 1 fully saturated rings. The van der Waals surface area contributed by atoms with Crippen LogP contribution in [0.1, 0.15) is 17.4 Å². The Morgan fingerprint density at radius 3 is 2.53 bits per heavy atom. The van der Waals surface area contributed by atoms with E-state index in [1.54, 1.807) is 24.3 Å². The van der Waals surface area contributed by atoms with Crippen LogP contribution in [0.15, 0.2) is 33.9 Å². The molecular weight excluding hydrogens is 396 g/mol. The molecule has 2 aromatic heterocycles. The van der Waals surface area contributed by atoms with Gasteiger partial charge in [-0.3, -0.25) is 14.3 Å². The minimum absolute atomic E-state index is 0.0302. The number of aromatic amines is 1. The highest BCUT2D eigenvalue weighted by molar-refractivity contribution is 5.72. The third-order valence-corrected chi connectivity index (χ3v) is 5.03. The zero-order valence-corrected chi connectivity index (χ0v) is 15.5. The Kier molecular flexibility index (Phi) is 4.88. The third kappa shape index (κ3) is 3.06. The van der Waals surface area contributed by atoms with Crippen LogP contribution >= 0.6 is 0 Å². The Morgan fingerprint density at radius 2 is 1.93 bits per heavy atom. The van der Waals surface area contributed by atoms with E-state index in [0.29, 0.717) is 11.1 Å². The van der Waals surface area contributed by atoms with Gasteiger partial charge in [-0.15, -0.1) is 0 Å². The third-order valence-electron chi connectivity index (χ3n) is 5.03. The van der Waals surface area contributed by atoms with Crippen molar-refractivity contribution in [3.63, 3.8) is 0 Å². The van der Waals surface area contributed by atoms with Crippen molar-refractivity contribution in [1.29, 1.82) is 5.26 Å². The topological polar surface area (TPSA) is 192 Å². The van der Waals surface area contributed by atoms with Crippen molar-refractivity contribution in [2.75, 3.05) is 12.3 Å². The Hall–Kier alpha value is -3.50. The van der Waals surface area contributed by atoms with Gasteiger partial charge in [-0.25, -0.2) is 9.36 Å². The smallest absolute Gasteiger partial charge is 0.333 e. The maximum atomic E-state index is 13.2. The summed E-state index contributed by atoms with van der Waals surface area (Å²) in [5.74, 6) is -0.247. The normalized spacial score (nSPS) is 23.7. The molecule has 0 spiro atoms. The summed E-state index contributed by atoms with van der Waals surface area (Å²) >= 11 is 0. The molecule has 1 saturated heterocycles. The van der Waals surface area contributed by atoms with E-state index >= 15 is 0 Å². The van der Waals surface area contributed by atoms with Crippen molar-refractivity contribution in [2.45, 2.75) is 31.1 Å². The zero-order valence-electron chi connectivity index (χ0n) is 15.5. The fourth-order valence-electron chi connectivity index (χ4n) is 3.54. The highest BCUT2D eigenvalue weighted by Crippen LogP contribution is 2.30. The summed E-state index contributed by atoms with van der Waals surface area (Å²) in [6.07, 6.45) is -5.49. The van der Waals surface area contributed by atoms with Crippen LogP contribution in [0.3, 0.4) is 0 Å². The molecule has 6 N–H and O–H groups in total. The number of nitriles is 1. The Labute approximate surface area is 168 Å². The van der Waals surface area contributed by atoms with E-state index in [4.69, 9.17) is 15.7 Å². The zero-order chi connectivity index (χ0) is 21.6. The summed E-state index contributed by atoms with van der Waals surface area (Å²) in [6.45, 7) is -0.610. The molecule has 3 heterocycles. The first-order valence-corrected chi connectivity index (χ1v) is 8.97. The van der Waals surface area contributed by atoms with Crippen molar-refractivity contribution >= 4 is 17.1 Å². The van der Waals surface area contributed by atoms with E-state index in [-0.39, 0.29) is 23.7 Å². The molecule has 0 bridgehead atoms. The number of hydrogen-bond donors (Lipinski definition) is 5. The maximum absolute atomic E-state index is 13.2. The summed E-state index contributed by atoms with van der Waals surface area (Å²) in [5, 5.41) is 38.7. The predicted octanol–water partition coefficient (Wildman–Crippen LogP) is -2.00. The van der Waals surface area contributed by atoms with E-state index in [1.165, 1.54) is 0 Å². The highest BCUT2D eigenvalue weighted by Gasteiger charge is 2.45. The molecule has 1 aliphatic heterocycles. The second-order valence-electron chi connectivity index (χ2n) is 6.90. The van der Waals surface area contributed by atoms with Gasteiger partial charge in [-0.2, -0.15) is 10.2 Å². The Bertz CT molecular complexity index is 1250. The number of H-pyrrole nitrogens is 1. The molecule has 12 nitrogen and oxygen atoms in total. The van der Waals surface area contributed by atoms with Crippen molar-refractivity contribution in [3.05, 3.63) is 56.2 Å². The van der Waals surface area contributed by atoms with E-state index < -0.39 is 42.4 Å². The highest BCUT2D eigenvalue weighted by atomic mass is 16.6. The summed E-state index contributed by atoms with van der Waals surface area (Å²) in [6, 6.07) is 8.42. The van der Waals surface area contributed by atoms with Crippen molar-refractivity contribution in [2.24, 2.45) is 0 Å². The van der Waals surface area contributed by atoms with Crippen LogP contribution < -0.4 is 17.0 Å². The molecule has 4 atom stereocenters. The number of nitrogens with two attached hydrogens (primary N) is 1. The van der Waals surface area contributed by atoms with Crippen LogP contribution in [0.2, 0.25) is 0 Å². The Balaban J connectivity index is 1.90. The number of benzene rings is 1.